The van der Waals surface area contributed by atoms with Gasteiger partial charge in [-0.25, -0.2) is 4.98 Å². The molecule has 2 aromatic rings. The molecule has 0 aromatic carbocycles. The van der Waals surface area contributed by atoms with Crippen molar-refractivity contribution in [3.63, 3.8) is 0 Å². The van der Waals surface area contributed by atoms with Crippen LogP contribution in [0.4, 0.5) is 5.69 Å². The van der Waals surface area contributed by atoms with E-state index in [0.717, 1.165) is 19.6 Å². The van der Waals surface area contributed by atoms with Crippen LogP contribution in [0.2, 0.25) is 0 Å². The van der Waals surface area contributed by atoms with E-state index in [-0.39, 0.29) is 0 Å². The van der Waals surface area contributed by atoms with Gasteiger partial charge < -0.3 is 9.64 Å². The van der Waals surface area contributed by atoms with Crippen LogP contribution in [0.15, 0.2) is 36.8 Å². The molecule has 3 heterocycles. The van der Waals surface area contributed by atoms with E-state index in [4.69, 9.17) is 4.74 Å². The average molecular weight is 312 g/mol. The molecule has 1 aliphatic heterocycles. The van der Waals surface area contributed by atoms with Crippen molar-refractivity contribution in [1.82, 2.24) is 14.9 Å². The first-order chi connectivity index (χ1) is 11.2. The van der Waals surface area contributed by atoms with Crippen LogP contribution in [0.25, 0.3) is 0 Å². The number of aromatic nitrogens is 2. The molecule has 2 aromatic heterocycles. The number of pyridine rings is 2. The predicted octanol–water partition coefficient (Wildman–Crippen LogP) is 2.50. The average Bonchev–Trinajstić information content (AvgIpc) is 3.07. The summed E-state index contributed by atoms with van der Waals surface area (Å²) in [5, 5.41) is 0. The van der Waals surface area contributed by atoms with Crippen LogP contribution in [0.5, 0.6) is 5.88 Å². The van der Waals surface area contributed by atoms with Crippen molar-refractivity contribution in [1.29, 1.82) is 0 Å². The molecule has 5 nitrogen and oxygen atoms in total. The molecule has 1 fully saturated rings. The van der Waals surface area contributed by atoms with Gasteiger partial charge in [-0.3, -0.25) is 9.88 Å². The molecule has 3 rings (SSSR count). The van der Waals surface area contributed by atoms with Crippen LogP contribution in [0.1, 0.15) is 17.5 Å². The highest BCUT2D eigenvalue weighted by Gasteiger charge is 2.26. The van der Waals surface area contributed by atoms with Gasteiger partial charge in [0.05, 0.1) is 7.11 Å². The number of hydrogen-bond acceptors (Lipinski definition) is 5. The fourth-order valence-corrected chi connectivity index (χ4v) is 3.12. The molecular formula is C18H24N4O. The standard InChI is InChI=1S/C18H24N4O/c1-14-10-18(23-3)20-11-15(14)12-21(2)17-6-9-22(13-17)16-4-7-19-8-5-16/h4-5,7-8,10-11,17H,6,9,12-13H2,1-3H3. The molecule has 1 unspecified atom stereocenters. The summed E-state index contributed by atoms with van der Waals surface area (Å²) in [7, 11) is 3.85. The monoisotopic (exact) mass is 312 g/mol. The van der Waals surface area contributed by atoms with E-state index >= 15 is 0 Å². The van der Waals surface area contributed by atoms with E-state index in [1.165, 1.54) is 23.2 Å². The van der Waals surface area contributed by atoms with Crippen molar-refractivity contribution in [2.75, 3.05) is 32.1 Å². The quantitative estimate of drug-likeness (QED) is 0.848. The molecule has 1 atom stereocenters. The maximum atomic E-state index is 5.18. The minimum Gasteiger partial charge on any atom is -0.481 e. The summed E-state index contributed by atoms with van der Waals surface area (Å²) in [6.45, 7) is 5.19. The molecule has 5 heteroatoms. The van der Waals surface area contributed by atoms with Gasteiger partial charge in [0.25, 0.3) is 0 Å². The number of rotatable bonds is 5. The summed E-state index contributed by atoms with van der Waals surface area (Å²) < 4.78 is 5.18. The Bertz CT molecular complexity index is 647. The maximum absolute atomic E-state index is 5.18. The number of anilines is 1. The first kappa shape index (κ1) is 15.7. The Labute approximate surface area is 137 Å². The predicted molar refractivity (Wildman–Crippen MR) is 91.8 cm³/mol. The Morgan fingerprint density at radius 2 is 2.13 bits per heavy atom. The Hall–Kier alpha value is -2.14. The van der Waals surface area contributed by atoms with Crippen LogP contribution in [-0.4, -0.2) is 48.2 Å². The van der Waals surface area contributed by atoms with Gasteiger partial charge in [0.2, 0.25) is 5.88 Å². The number of aryl methyl sites for hydroxylation is 1. The van der Waals surface area contributed by atoms with Crippen LogP contribution in [0, 0.1) is 6.92 Å². The summed E-state index contributed by atoms with van der Waals surface area (Å²) in [5.74, 6) is 0.679. The molecule has 0 N–H and O–H groups in total. The van der Waals surface area contributed by atoms with Gasteiger partial charge >= 0.3 is 0 Å². The van der Waals surface area contributed by atoms with Crippen LogP contribution in [0.3, 0.4) is 0 Å². The third-order valence-corrected chi connectivity index (χ3v) is 4.64. The van der Waals surface area contributed by atoms with Gasteiger partial charge in [-0.2, -0.15) is 0 Å². The number of ether oxygens (including phenoxy) is 1. The lowest BCUT2D eigenvalue weighted by Gasteiger charge is -2.26. The van der Waals surface area contributed by atoms with Crippen molar-refractivity contribution in [2.24, 2.45) is 0 Å². The highest BCUT2D eigenvalue weighted by Crippen LogP contribution is 2.23. The zero-order valence-corrected chi connectivity index (χ0v) is 14.1. The second-order valence-corrected chi connectivity index (χ2v) is 6.16. The minimum atomic E-state index is 0.560. The summed E-state index contributed by atoms with van der Waals surface area (Å²) in [6.07, 6.45) is 6.83. The van der Waals surface area contributed by atoms with Crippen LogP contribution in [-0.2, 0) is 6.54 Å². The lowest BCUT2D eigenvalue weighted by atomic mass is 10.1. The van der Waals surface area contributed by atoms with Crippen molar-refractivity contribution in [2.45, 2.75) is 25.9 Å². The molecule has 1 saturated heterocycles. The zero-order valence-electron chi connectivity index (χ0n) is 14.1. The zero-order chi connectivity index (χ0) is 16.2. The Balaban J connectivity index is 1.62. The van der Waals surface area contributed by atoms with E-state index in [0.29, 0.717) is 11.9 Å². The summed E-state index contributed by atoms with van der Waals surface area (Å²) >= 11 is 0. The summed E-state index contributed by atoms with van der Waals surface area (Å²) in [6, 6.07) is 6.73. The lowest BCUT2D eigenvalue weighted by Crippen LogP contribution is -2.34. The minimum absolute atomic E-state index is 0.560. The summed E-state index contributed by atoms with van der Waals surface area (Å²) in [4.78, 5) is 13.3. The molecule has 0 amide bonds. The largest absolute Gasteiger partial charge is 0.481 e. The molecule has 0 saturated carbocycles. The van der Waals surface area contributed by atoms with Crippen molar-refractivity contribution in [3.8, 4) is 5.88 Å². The third-order valence-electron chi connectivity index (χ3n) is 4.64. The van der Waals surface area contributed by atoms with Crippen LogP contribution >= 0.6 is 0 Å². The van der Waals surface area contributed by atoms with E-state index in [2.05, 4.69) is 45.9 Å². The van der Waals surface area contributed by atoms with E-state index in [1.54, 1.807) is 7.11 Å². The number of hydrogen-bond donors (Lipinski definition) is 0. The van der Waals surface area contributed by atoms with Gasteiger partial charge in [0.15, 0.2) is 0 Å². The first-order valence-corrected chi connectivity index (χ1v) is 8.02. The number of nitrogens with zero attached hydrogens (tertiary/aromatic N) is 4. The van der Waals surface area contributed by atoms with E-state index in [1.807, 2.05) is 24.7 Å². The highest BCUT2D eigenvalue weighted by molar-refractivity contribution is 5.45. The summed E-state index contributed by atoms with van der Waals surface area (Å²) in [5.41, 5.74) is 3.75. The SMILES string of the molecule is COc1cc(C)c(CN(C)C2CCN(c3ccncc3)C2)cn1. The maximum Gasteiger partial charge on any atom is 0.213 e. The molecule has 0 spiro atoms. The van der Waals surface area contributed by atoms with Crippen molar-refractivity contribution < 1.29 is 4.74 Å². The van der Waals surface area contributed by atoms with Crippen LogP contribution < -0.4 is 9.64 Å². The Kier molecular flexibility index (Phi) is 4.76. The fraction of sp³-hybridized carbons (Fsp3) is 0.444. The topological polar surface area (TPSA) is 41.5 Å². The van der Waals surface area contributed by atoms with E-state index < -0.39 is 0 Å². The number of likely N-dealkylation sites (N-methyl/N-ethyl adjacent to an activating group) is 1. The third kappa shape index (κ3) is 3.62. The van der Waals surface area contributed by atoms with Gasteiger partial charge in [-0.1, -0.05) is 0 Å². The molecule has 1 aliphatic rings. The Morgan fingerprint density at radius 3 is 2.83 bits per heavy atom. The van der Waals surface area contributed by atoms with Gasteiger partial charge in [-0.15, -0.1) is 0 Å². The first-order valence-electron chi connectivity index (χ1n) is 8.02. The molecule has 0 bridgehead atoms. The lowest BCUT2D eigenvalue weighted by molar-refractivity contribution is 0.249. The fourth-order valence-electron chi connectivity index (χ4n) is 3.12. The molecule has 122 valence electrons. The molecule has 0 aliphatic carbocycles. The van der Waals surface area contributed by atoms with Gasteiger partial charge in [0.1, 0.15) is 0 Å². The highest BCUT2D eigenvalue weighted by atomic mass is 16.5. The second-order valence-electron chi connectivity index (χ2n) is 6.16. The normalized spacial score (nSPS) is 17.7. The second kappa shape index (κ2) is 6.96. The number of methoxy groups -OCH3 is 1. The smallest absolute Gasteiger partial charge is 0.213 e. The van der Waals surface area contributed by atoms with Gasteiger partial charge in [0, 0.05) is 56.0 Å². The van der Waals surface area contributed by atoms with Crippen molar-refractivity contribution in [3.05, 3.63) is 47.9 Å². The molecule has 0 radical (unpaired) electrons. The van der Waals surface area contributed by atoms with E-state index in [9.17, 15) is 0 Å². The molecular weight excluding hydrogens is 288 g/mol. The molecule has 23 heavy (non-hydrogen) atoms. The Morgan fingerprint density at radius 1 is 1.35 bits per heavy atom. The van der Waals surface area contributed by atoms with Gasteiger partial charge in [-0.05, 0) is 43.7 Å². The van der Waals surface area contributed by atoms with Crippen molar-refractivity contribution >= 4 is 5.69 Å².